The van der Waals surface area contributed by atoms with Crippen LogP contribution < -0.4 is 0 Å². The van der Waals surface area contributed by atoms with Crippen LogP contribution in [0.2, 0.25) is 0 Å². The zero-order valence-corrected chi connectivity index (χ0v) is 12.8. The summed E-state index contributed by atoms with van der Waals surface area (Å²) in [5, 5.41) is 0. The molecule has 0 aromatic carbocycles. The van der Waals surface area contributed by atoms with Crippen molar-refractivity contribution in [3.63, 3.8) is 0 Å². The summed E-state index contributed by atoms with van der Waals surface area (Å²) in [7, 11) is 0. The number of hydrogen-bond donors (Lipinski definition) is 0. The molecule has 0 aliphatic heterocycles. The Balaban J connectivity index is 3.15. The molecule has 0 aromatic heterocycles. The highest BCUT2D eigenvalue weighted by Crippen LogP contribution is 2.04. The SMILES string of the molecule is CC(C)=C1C#CC#CC(=C(C)C)C#CCCCCC#C1. The first-order chi connectivity index (χ1) is 9.61. The largest absolute Gasteiger partial charge is 0.0972 e. The van der Waals surface area contributed by atoms with Gasteiger partial charge in [-0.05, 0) is 64.2 Å². The molecular formula is C20H20. The normalized spacial score (nSPS) is 14.0. The number of hydrogen-bond acceptors (Lipinski definition) is 0. The molecule has 0 N–H and O–H groups in total. The Morgan fingerprint density at radius 3 is 1.40 bits per heavy atom. The summed E-state index contributed by atoms with van der Waals surface area (Å²) in [5.41, 5.74) is 4.06. The van der Waals surface area contributed by atoms with E-state index in [1.54, 1.807) is 0 Å². The van der Waals surface area contributed by atoms with Crippen LogP contribution in [0.15, 0.2) is 22.3 Å². The van der Waals surface area contributed by atoms with E-state index in [0.717, 1.165) is 48.0 Å². The van der Waals surface area contributed by atoms with Gasteiger partial charge in [0.2, 0.25) is 0 Å². The minimum Gasteiger partial charge on any atom is -0.0972 e. The van der Waals surface area contributed by atoms with Crippen molar-refractivity contribution in [3.8, 4) is 47.4 Å². The second kappa shape index (κ2) is 8.76. The molecule has 0 fully saturated rings. The Labute approximate surface area is 123 Å². The van der Waals surface area contributed by atoms with E-state index in [2.05, 4.69) is 47.4 Å². The molecule has 0 saturated heterocycles. The van der Waals surface area contributed by atoms with Gasteiger partial charge in [-0.15, -0.1) is 0 Å². The third kappa shape index (κ3) is 6.05. The van der Waals surface area contributed by atoms with Crippen molar-refractivity contribution in [1.82, 2.24) is 0 Å². The summed E-state index contributed by atoms with van der Waals surface area (Å²) < 4.78 is 0. The lowest BCUT2D eigenvalue weighted by molar-refractivity contribution is 0.782. The summed E-state index contributed by atoms with van der Waals surface area (Å²) in [6, 6.07) is 0. The molecule has 1 aliphatic rings. The van der Waals surface area contributed by atoms with E-state index in [1.807, 2.05) is 27.7 Å². The lowest BCUT2D eigenvalue weighted by atomic mass is 10.1. The molecule has 0 nitrogen and oxygen atoms in total. The lowest BCUT2D eigenvalue weighted by Crippen LogP contribution is -1.81. The van der Waals surface area contributed by atoms with Crippen molar-refractivity contribution in [2.75, 3.05) is 0 Å². The number of rotatable bonds is 0. The molecule has 0 saturated carbocycles. The van der Waals surface area contributed by atoms with Crippen LogP contribution in [0.5, 0.6) is 0 Å². The van der Waals surface area contributed by atoms with Crippen molar-refractivity contribution in [3.05, 3.63) is 22.3 Å². The fraction of sp³-hybridized carbons (Fsp3) is 0.400. The third-order valence-corrected chi connectivity index (χ3v) is 2.72. The van der Waals surface area contributed by atoms with Crippen LogP contribution in [0.4, 0.5) is 0 Å². The van der Waals surface area contributed by atoms with Gasteiger partial charge in [0.25, 0.3) is 0 Å². The monoisotopic (exact) mass is 260 g/mol. The van der Waals surface area contributed by atoms with Gasteiger partial charge in [-0.25, -0.2) is 0 Å². The molecule has 0 spiro atoms. The molecule has 0 amide bonds. The van der Waals surface area contributed by atoms with Crippen molar-refractivity contribution < 1.29 is 0 Å². The topological polar surface area (TPSA) is 0 Å². The van der Waals surface area contributed by atoms with Gasteiger partial charge >= 0.3 is 0 Å². The van der Waals surface area contributed by atoms with Crippen LogP contribution in [0.25, 0.3) is 0 Å². The van der Waals surface area contributed by atoms with E-state index in [0.29, 0.717) is 0 Å². The highest BCUT2D eigenvalue weighted by Gasteiger charge is 1.92. The molecule has 0 atom stereocenters. The average Bonchev–Trinajstić information content (AvgIpc) is 2.40. The third-order valence-electron chi connectivity index (χ3n) is 2.72. The first kappa shape index (κ1) is 15.8. The van der Waals surface area contributed by atoms with Gasteiger partial charge in [-0.3, -0.25) is 0 Å². The van der Waals surface area contributed by atoms with E-state index < -0.39 is 0 Å². The van der Waals surface area contributed by atoms with Crippen molar-refractivity contribution in [2.45, 2.75) is 53.4 Å². The molecule has 0 bridgehead atoms. The fourth-order valence-electron chi connectivity index (χ4n) is 1.48. The lowest BCUT2D eigenvalue weighted by Gasteiger charge is -1.93. The predicted octanol–water partition coefficient (Wildman–Crippen LogP) is 4.25. The van der Waals surface area contributed by atoms with Crippen molar-refractivity contribution in [2.24, 2.45) is 0 Å². The Morgan fingerprint density at radius 2 is 1.05 bits per heavy atom. The first-order valence-electron chi connectivity index (χ1n) is 6.96. The van der Waals surface area contributed by atoms with Crippen LogP contribution in [0, 0.1) is 47.4 Å². The second-order valence-corrected chi connectivity index (χ2v) is 5.06. The van der Waals surface area contributed by atoms with Crippen LogP contribution in [0.1, 0.15) is 53.4 Å². The Kier molecular flexibility index (Phi) is 6.91. The van der Waals surface area contributed by atoms with Gasteiger partial charge in [-0.1, -0.05) is 34.8 Å². The quantitative estimate of drug-likeness (QED) is 0.571. The maximum Gasteiger partial charge on any atom is 0.0740 e. The van der Waals surface area contributed by atoms with Gasteiger partial charge in [0.1, 0.15) is 0 Å². The molecule has 100 valence electrons. The smallest absolute Gasteiger partial charge is 0.0740 e. The zero-order valence-electron chi connectivity index (χ0n) is 12.8. The number of allylic oxidation sites excluding steroid dienone is 4. The Hall–Kier alpha value is -2.28. The Morgan fingerprint density at radius 1 is 0.650 bits per heavy atom. The summed E-state index contributed by atoms with van der Waals surface area (Å²) in [4.78, 5) is 0. The van der Waals surface area contributed by atoms with Crippen LogP contribution >= 0.6 is 0 Å². The van der Waals surface area contributed by atoms with E-state index in [-0.39, 0.29) is 0 Å². The summed E-state index contributed by atoms with van der Waals surface area (Å²) in [6.07, 6.45) is 3.98. The predicted molar refractivity (Wildman–Crippen MR) is 86.3 cm³/mol. The highest BCUT2D eigenvalue weighted by molar-refractivity contribution is 5.53. The molecule has 1 aliphatic carbocycles. The molecule has 1 rings (SSSR count). The van der Waals surface area contributed by atoms with Crippen LogP contribution in [0.3, 0.4) is 0 Å². The Bertz CT molecular complexity index is 595. The van der Waals surface area contributed by atoms with Crippen LogP contribution in [-0.4, -0.2) is 0 Å². The van der Waals surface area contributed by atoms with Gasteiger partial charge < -0.3 is 0 Å². The van der Waals surface area contributed by atoms with Gasteiger partial charge in [0, 0.05) is 12.8 Å². The van der Waals surface area contributed by atoms with Crippen molar-refractivity contribution in [1.29, 1.82) is 0 Å². The summed E-state index contributed by atoms with van der Waals surface area (Å²) >= 11 is 0. The minimum atomic E-state index is 0.890. The summed E-state index contributed by atoms with van der Waals surface area (Å²) in [5.74, 6) is 24.5. The maximum absolute atomic E-state index is 3.18. The van der Waals surface area contributed by atoms with E-state index >= 15 is 0 Å². The van der Waals surface area contributed by atoms with Gasteiger partial charge in [0.05, 0.1) is 11.1 Å². The molecular weight excluding hydrogens is 240 g/mol. The zero-order chi connectivity index (χ0) is 14.8. The summed E-state index contributed by atoms with van der Waals surface area (Å²) in [6.45, 7) is 8.12. The standard InChI is InChI=1S/C20H20/c1-17(2)19-13-9-7-5-6-8-10-14-20(18(3)4)16-12-11-15-19/h5-8H2,1-4H3. The first-order valence-corrected chi connectivity index (χ1v) is 6.96. The fourth-order valence-corrected chi connectivity index (χ4v) is 1.48. The molecule has 0 unspecified atom stereocenters. The van der Waals surface area contributed by atoms with Crippen LogP contribution in [-0.2, 0) is 0 Å². The van der Waals surface area contributed by atoms with E-state index in [1.165, 1.54) is 0 Å². The van der Waals surface area contributed by atoms with E-state index in [4.69, 9.17) is 0 Å². The molecule has 0 heterocycles. The molecule has 20 heavy (non-hydrogen) atoms. The molecule has 0 heteroatoms. The maximum atomic E-state index is 3.18. The van der Waals surface area contributed by atoms with Gasteiger partial charge in [-0.2, -0.15) is 0 Å². The van der Waals surface area contributed by atoms with Crippen molar-refractivity contribution >= 4 is 0 Å². The van der Waals surface area contributed by atoms with Gasteiger partial charge in [0.15, 0.2) is 0 Å². The minimum absolute atomic E-state index is 0.890. The average molecular weight is 260 g/mol. The molecule has 0 radical (unpaired) electrons. The second-order valence-electron chi connectivity index (χ2n) is 5.06. The molecule has 0 aromatic rings. The van der Waals surface area contributed by atoms with E-state index in [9.17, 15) is 0 Å². The highest BCUT2D eigenvalue weighted by atomic mass is 13.9.